The molecule has 1 N–H and O–H groups in total. The van der Waals surface area contributed by atoms with Crippen molar-refractivity contribution < 1.29 is 18.7 Å². The molecular formula is C16H23N3O4. The van der Waals surface area contributed by atoms with E-state index >= 15 is 0 Å². The monoisotopic (exact) mass is 321 g/mol. The maximum absolute atomic E-state index is 12.1. The molecule has 0 atom stereocenters. The van der Waals surface area contributed by atoms with E-state index in [-0.39, 0.29) is 12.5 Å². The third kappa shape index (κ3) is 4.94. The number of ether oxygens (including phenoxy) is 2. The Kier molecular flexibility index (Phi) is 6.37. The van der Waals surface area contributed by atoms with Crippen molar-refractivity contribution in [3.05, 3.63) is 30.2 Å². The number of carbonyl (C=O) groups is 1. The van der Waals surface area contributed by atoms with Crippen LogP contribution in [-0.4, -0.2) is 41.7 Å². The molecule has 7 nitrogen and oxygen atoms in total. The fourth-order valence-electron chi connectivity index (χ4n) is 2.22. The average molecular weight is 321 g/mol. The lowest BCUT2D eigenvalue weighted by Crippen LogP contribution is -2.37. The molecule has 2 aromatic rings. The second kappa shape index (κ2) is 8.50. The number of carbonyl (C=O) groups excluding carboxylic acids is 1. The third-order valence-corrected chi connectivity index (χ3v) is 3.14. The zero-order valence-corrected chi connectivity index (χ0v) is 13.7. The van der Waals surface area contributed by atoms with E-state index in [0.717, 1.165) is 11.4 Å². The lowest BCUT2D eigenvalue weighted by atomic mass is 10.3. The minimum atomic E-state index is -0.433. The summed E-state index contributed by atoms with van der Waals surface area (Å²) < 4.78 is 17.8. The number of nitrogens with zero attached hydrogens (tertiary/aromatic N) is 2. The van der Waals surface area contributed by atoms with Gasteiger partial charge in [-0.05, 0) is 39.0 Å². The Balaban J connectivity index is 1.95. The van der Waals surface area contributed by atoms with Crippen LogP contribution >= 0.6 is 0 Å². The molecule has 0 spiro atoms. The minimum Gasteiger partial charge on any atom is -0.463 e. The van der Waals surface area contributed by atoms with Crippen LogP contribution in [0.1, 0.15) is 19.5 Å². The van der Waals surface area contributed by atoms with Gasteiger partial charge in [0.05, 0.1) is 18.5 Å². The SMILES string of the molecule is CCOC(CNC(=O)Cn1nc(C)cc1-c1ccco1)OCC. The number of nitrogens with one attached hydrogen (secondary N) is 1. The normalized spacial score (nSPS) is 11.1. The van der Waals surface area contributed by atoms with Crippen LogP contribution in [0.2, 0.25) is 0 Å². The molecule has 7 heteroatoms. The number of amides is 1. The van der Waals surface area contributed by atoms with Crippen LogP contribution in [0, 0.1) is 6.92 Å². The molecule has 2 aromatic heterocycles. The van der Waals surface area contributed by atoms with Gasteiger partial charge < -0.3 is 19.2 Å². The highest BCUT2D eigenvalue weighted by molar-refractivity contribution is 5.76. The first-order chi connectivity index (χ1) is 11.1. The van der Waals surface area contributed by atoms with Gasteiger partial charge in [-0.15, -0.1) is 0 Å². The number of furan rings is 1. The van der Waals surface area contributed by atoms with Gasteiger partial charge in [-0.1, -0.05) is 0 Å². The molecule has 0 radical (unpaired) electrons. The number of rotatable bonds is 9. The summed E-state index contributed by atoms with van der Waals surface area (Å²) in [6.45, 7) is 7.11. The van der Waals surface area contributed by atoms with Gasteiger partial charge in [0.25, 0.3) is 0 Å². The molecule has 0 aromatic carbocycles. The maximum atomic E-state index is 12.1. The molecule has 1 amide bonds. The highest BCUT2D eigenvalue weighted by atomic mass is 16.7. The standard InChI is InChI=1S/C16H23N3O4/c1-4-21-16(22-5-2)10-17-15(20)11-19-13(9-12(3)18-19)14-7-6-8-23-14/h6-9,16H,4-5,10-11H2,1-3H3,(H,17,20). The smallest absolute Gasteiger partial charge is 0.241 e. The quantitative estimate of drug-likeness (QED) is 0.714. The van der Waals surface area contributed by atoms with Gasteiger partial charge in [0, 0.05) is 13.2 Å². The Hall–Kier alpha value is -2.12. The molecular weight excluding hydrogens is 298 g/mol. The minimum absolute atomic E-state index is 0.106. The highest BCUT2D eigenvalue weighted by Gasteiger charge is 2.15. The highest BCUT2D eigenvalue weighted by Crippen LogP contribution is 2.20. The zero-order valence-electron chi connectivity index (χ0n) is 13.7. The summed E-state index contributed by atoms with van der Waals surface area (Å²) >= 11 is 0. The fraction of sp³-hybridized carbons (Fsp3) is 0.500. The molecule has 126 valence electrons. The van der Waals surface area contributed by atoms with Crippen molar-refractivity contribution in [2.75, 3.05) is 19.8 Å². The van der Waals surface area contributed by atoms with Crippen LogP contribution in [0.4, 0.5) is 0 Å². The molecule has 0 saturated carbocycles. The second-order valence-corrected chi connectivity index (χ2v) is 4.95. The van der Waals surface area contributed by atoms with Gasteiger partial charge in [-0.3, -0.25) is 9.48 Å². The van der Waals surface area contributed by atoms with Crippen LogP contribution in [0.25, 0.3) is 11.5 Å². The molecule has 2 rings (SSSR count). The van der Waals surface area contributed by atoms with Crippen LogP contribution in [-0.2, 0) is 20.8 Å². The summed E-state index contributed by atoms with van der Waals surface area (Å²) in [5, 5.41) is 7.14. The molecule has 2 heterocycles. The van der Waals surface area contributed by atoms with Crippen LogP contribution in [0.3, 0.4) is 0 Å². The fourth-order valence-corrected chi connectivity index (χ4v) is 2.22. The van der Waals surface area contributed by atoms with E-state index in [0.29, 0.717) is 25.5 Å². The number of hydrogen-bond donors (Lipinski definition) is 1. The van der Waals surface area contributed by atoms with Crippen molar-refractivity contribution >= 4 is 5.91 Å². The van der Waals surface area contributed by atoms with Crippen molar-refractivity contribution in [2.45, 2.75) is 33.6 Å². The molecule has 0 bridgehead atoms. The predicted molar refractivity (Wildman–Crippen MR) is 84.7 cm³/mol. The Morgan fingerprint density at radius 2 is 2.13 bits per heavy atom. The Morgan fingerprint density at radius 3 is 2.74 bits per heavy atom. The summed E-state index contributed by atoms with van der Waals surface area (Å²) in [5.41, 5.74) is 1.60. The van der Waals surface area contributed by atoms with E-state index in [2.05, 4.69) is 10.4 Å². The lowest BCUT2D eigenvalue weighted by molar-refractivity contribution is -0.140. The van der Waals surface area contributed by atoms with E-state index in [1.807, 2.05) is 32.9 Å². The molecule has 0 fully saturated rings. The van der Waals surface area contributed by atoms with Crippen LogP contribution in [0.5, 0.6) is 0 Å². The van der Waals surface area contributed by atoms with E-state index in [4.69, 9.17) is 13.9 Å². The van der Waals surface area contributed by atoms with E-state index < -0.39 is 6.29 Å². The Bertz CT molecular complexity index is 601. The van der Waals surface area contributed by atoms with Gasteiger partial charge >= 0.3 is 0 Å². The van der Waals surface area contributed by atoms with Crippen molar-refractivity contribution in [1.29, 1.82) is 0 Å². The van der Waals surface area contributed by atoms with E-state index in [9.17, 15) is 4.79 Å². The maximum Gasteiger partial charge on any atom is 0.241 e. The molecule has 0 unspecified atom stereocenters. The summed E-state index contributed by atoms with van der Waals surface area (Å²) in [6.07, 6.45) is 1.16. The van der Waals surface area contributed by atoms with Gasteiger partial charge in [0.15, 0.2) is 12.1 Å². The first-order valence-electron chi connectivity index (χ1n) is 7.72. The van der Waals surface area contributed by atoms with Crippen molar-refractivity contribution in [3.63, 3.8) is 0 Å². The summed E-state index contributed by atoms with van der Waals surface area (Å²) in [4.78, 5) is 12.1. The van der Waals surface area contributed by atoms with Gasteiger partial charge in [0.2, 0.25) is 5.91 Å². The molecule has 0 aliphatic carbocycles. The zero-order chi connectivity index (χ0) is 16.7. The predicted octanol–water partition coefficient (Wildman–Crippen LogP) is 1.97. The van der Waals surface area contributed by atoms with Crippen molar-refractivity contribution in [3.8, 4) is 11.5 Å². The van der Waals surface area contributed by atoms with E-state index in [1.54, 1.807) is 17.0 Å². The molecule has 0 saturated heterocycles. The number of aryl methyl sites for hydroxylation is 1. The number of aromatic nitrogens is 2. The van der Waals surface area contributed by atoms with Gasteiger partial charge in [0.1, 0.15) is 12.2 Å². The molecule has 23 heavy (non-hydrogen) atoms. The molecule has 0 aliphatic rings. The second-order valence-electron chi connectivity index (χ2n) is 4.95. The topological polar surface area (TPSA) is 78.5 Å². The summed E-state index contributed by atoms with van der Waals surface area (Å²) in [6, 6.07) is 5.53. The van der Waals surface area contributed by atoms with Crippen molar-refractivity contribution in [2.24, 2.45) is 0 Å². The largest absolute Gasteiger partial charge is 0.463 e. The Morgan fingerprint density at radius 1 is 1.39 bits per heavy atom. The lowest BCUT2D eigenvalue weighted by Gasteiger charge is -2.17. The number of hydrogen-bond acceptors (Lipinski definition) is 5. The van der Waals surface area contributed by atoms with Gasteiger partial charge in [-0.25, -0.2) is 0 Å². The third-order valence-electron chi connectivity index (χ3n) is 3.14. The Labute approximate surface area is 135 Å². The van der Waals surface area contributed by atoms with Crippen LogP contribution in [0.15, 0.2) is 28.9 Å². The van der Waals surface area contributed by atoms with Gasteiger partial charge in [-0.2, -0.15) is 5.10 Å². The summed E-state index contributed by atoms with van der Waals surface area (Å²) in [5.74, 6) is 0.519. The summed E-state index contributed by atoms with van der Waals surface area (Å²) in [7, 11) is 0. The first kappa shape index (κ1) is 17.2. The van der Waals surface area contributed by atoms with Crippen molar-refractivity contribution in [1.82, 2.24) is 15.1 Å². The van der Waals surface area contributed by atoms with E-state index in [1.165, 1.54) is 0 Å². The molecule has 0 aliphatic heterocycles. The van der Waals surface area contributed by atoms with Crippen LogP contribution < -0.4 is 5.32 Å². The first-order valence-corrected chi connectivity index (χ1v) is 7.72. The average Bonchev–Trinajstić information content (AvgIpc) is 3.15.